The fraction of sp³-hybridized carbons (Fsp3) is 0.368. The van der Waals surface area contributed by atoms with Crippen LogP contribution < -0.4 is 17.1 Å². The smallest absolute Gasteiger partial charge is 0.434 e. The Morgan fingerprint density at radius 3 is 1.26 bits per heavy atom. The highest BCUT2D eigenvalue weighted by atomic mass is 16.7. The van der Waals surface area contributed by atoms with Crippen molar-refractivity contribution in [2.75, 3.05) is 19.8 Å². The number of carbonyl (C=O) groups is 3. The van der Waals surface area contributed by atoms with Gasteiger partial charge in [-0.3, -0.25) is 0 Å². The molecular weight excluding hydrogens is 462 g/mol. The SMILES string of the molecule is C=COC(=O)OCCCn1c(=O)n(CCOC(=O)OC=C)c(=O)n(CCOC(=O)OC=C)c1=O. The predicted octanol–water partition coefficient (Wildman–Crippen LogP) is 0.452. The topological polar surface area (TPSA) is 173 Å². The van der Waals surface area contributed by atoms with Crippen LogP contribution in [0.2, 0.25) is 0 Å². The predicted molar refractivity (Wildman–Crippen MR) is 112 cm³/mol. The second kappa shape index (κ2) is 14.5. The first kappa shape index (κ1) is 27.5. The summed E-state index contributed by atoms with van der Waals surface area (Å²) in [5.41, 5.74) is -3.06. The van der Waals surface area contributed by atoms with E-state index in [0.717, 1.165) is 18.8 Å². The summed E-state index contributed by atoms with van der Waals surface area (Å²) in [5, 5.41) is 0. The Kier molecular flexibility index (Phi) is 11.7. The molecule has 186 valence electrons. The van der Waals surface area contributed by atoms with Crippen molar-refractivity contribution in [2.24, 2.45) is 0 Å². The van der Waals surface area contributed by atoms with Gasteiger partial charge in [0.2, 0.25) is 0 Å². The van der Waals surface area contributed by atoms with E-state index in [1.165, 1.54) is 0 Å². The first-order chi connectivity index (χ1) is 16.3. The second-order valence-electron chi connectivity index (χ2n) is 5.81. The molecule has 0 atom stereocenters. The van der Waals surface area contributed by atoms with E-state index < -0.39 is 61.8 Å². The first-order valence-corrected chi connectivity index (χ1v) is 9.54. The van der Waals surface area contributed by atoms with Gasteiger partial charge in [-0.2, -0.15) is 0 Å². The number of rotatable bonds is 13. The third kappa shape index (κ3) is 8.52. The quantitative estimate of drug-likeness (QED) is 0.164. The van der Waals surface area contributed by atoms with Crippen LogP contribution >= 0.6 is 0 Å². The average molecular weight is 485 g/mol. The summed E-state index contributed by atoms with van der Waals surface area (Å²) in [5.74, 6) is 0. The number of ether oxygens (including phenoxy) is 6. The minimum Gasteiger partial charge on any atom is -0.434 e. The molecule has 0 unspecified atom stereocenters. The molecule has 1 rings (SSSR count). The van der Waals surface area contributed by atoms with Crippen LogP contribution in [0, 0.1) is 0 Å². The normalized spacial score (nSPS) is 9.88. The van der Waals surface area contributed by atoms with Crippen LogP contribution in [0.3, 0.4) is 0 Å². The molecule has 0 saturated heterocycles. The van der Waals surface area contributed by atoms with E-state index in [9.17, 15) is 28.8 Å². The first-order valence-electron chi connectivity index (χ1n) is 9.54. The van der Waals surface area contributed by atoms with Gasteiger partial charge in [-0.05, 0) is 6.42 Å². The van der Waals surface area contributed by atoms with Crippen molar-refractivity contribution in [1.29, 1.82) is 0 Å². The molecule has 15 heteroatoms. The van der Waals surface area contributed by atoms with E-state index in [-0.39, 0.29) is 19.6 Å². The van der Waals surface area contributed by atoms with Gasteiger partial charge in [0.25, 0.3) is 0 Å². The molecule has 1 aromatic rings. The van der Waals surface area contributed by atoms with E-state index in [4.69, 9.17) is 14.2 Å². The number of carbonyl (C=O) groups excluding carboxylic acids is 3. The summed E-state index contributed by atoms with van der Waals surface area (Å²) in [4.78, 5) is 71.8. The number of nitrogens with zero attached hydrogens (tertiary/aromatic N) is 3. The van der Waals surface area contributed by atoms with Crippen molar-refractivity contribution >= 4 is 18.5 Å². The molecule has 0 aromatic carbocycles. The monoisotopic (exact) mass is 485 g/mol. The molecule has 0 aliphatic carbocycles. The van der Waals surface area contributed by atoms with Crippen molar-refractivity contribution in [3.63, 3.8) is 0 Å². The standard InChI is InChI=1S/C19H23N3O12/c1-4-29-17(26)32-11-7-8-20-14(23)21(9-12-33-18(27)30-5-2)16(25)22(15(20)24)10-13-34-19(28)31-6-3/h4-6H,1-3,7-13H2. The van der Waals surface area contributed by atoms with Crippen LogP contribution in [0.25, 0.3) is 0 Å². The Balaban J connectivity index is 3.11. The lowest BCUT2D eigenvalue weighted by Crippen LogP contribution is -2.55. The molecular formula is C19H23N3O12. The Morgan fingerprint density at radius 2 is 0.912 bits per heavy atom. The van der Waals surface area contributed by atoms with Crippen LogP contribution in [0.1, 0.15) is 6.42 Å². The molecule has 0 aliphatic heterocycles. The van der Waals surface area contributed by atoms with Gasteiger partial charge in [0, 0.05) is 6.54 Å². The van der Waals surface area contributed by atoms with Gasteiger partial charge in [-0.1, -0.05) is 19.7 Å². The third-order valence-electron chi connectivity index (χ3n) is 3.74. The molecule has 0 saturated carbocycles. The lowest BCUT2D eigenvalue weighted by Gasteiger charge is -2.14. The number of aromatic nitrogens is 3. The molecule has 34 heavy (non-hydrogen) atoms. The van der Waals surface area contributed by atoms with E-state index in [1.54, 1.807) is 0 Å². The van der Waals surface area contributed by atoms with Crippen molar-refractivity contribution in [2.45, 2.75) is 26.1 Å². The molecule has 0 spiro atoms. The van der Waals surface area contributed by atoms with Gasteiger partial charge in [0.15, 0.2) is 0 Å². The van der Waals surface area contributed by atoms with Crippen molar-refractivity contribution in [3.05, 3.63) is 70.0 Å². The summed E-state index contributed by atoms with van der Waals surface area (Å²) < 4.78 is 29.1. The molecule has 0 bridgehead atoms. The van der Waals surface area contributed by atoms with Crippen LogP contribution in [-0.4, -0.2) is 52.0 Å². The maximum absolute atomic E-state index is 12.7. The molecule has 1 aromatic heterocycles. The van der Waals surface area contributed by atoms with Crippen molar-refractivity contribution in [3.8, 4) is 0 Å². The van der Waals surface area contributed by atoms with E-state index >= 15 is 0 Å². The average Bonchev–Trinajstić information content (AvgIpc) is 2.78. The Bertz CT molecular complexity index is 1020. The molecule has 0 radical (unpaired) electrons. The summed E-state index contributed by atoms with van der Waals surface area (Å²) in [6.45, 7) is 7.32. The molecule has 0 fully saturated rings. The maximum atomic E-state index is 12.7. The highest BCUT2D eigenvalue weighted by Gasteiger charge is 2.17. The minimum atomic E-state index is -1.12. The Labute approximate surface area is 191 Å². The third-order valence-corrected chi connectivity index (χ3v) is 3.74. The van der Waals surface area contributed by atoms with Crippen LogP contribution in [-0.2, 0) is 48.1 Å². The van der Waals surface area contributed by atoms with Gasteiger partial charge < -0.3 is 28.4 Å². The second-order valence-corrected chi connectivity index (χ2v) is 5.81. The fourth-order valence-corrected chi connectivity index (χ4v) is 2.38. The van der Waals surface area contributed by atoms with Gasteiger partial charge >= 0.3 is 35.5 Å². The highest BCUT2D eigenvalue weighted by Crippen LogP contribution is 1.92. The fourth-order valence-electron chi connectivity index (χ4n) is 2.38. The molecule has 0 amide bonds. The van der Waals surface area contributed by atoms with Gasteiger partial charge in [0.1, 0.15) is 13.2 Å². The number of hydrogen-bond acceptors (Lipinski definition) is 12. The van der Waals surface area contributed by atoms with Crippen LogP contribution in [0.15, 0.2) is 52.9 Å². The summed E-state index contributed by atoms with van der Waals surface area (Å²) in [6, 6.07) is 0. The van der Waals surface area contributed by atoms with Gasteiger partial charge in [0.05, 0.1) is 38.5 Å². The van der Waals surface area contributed by atoms with Crippen LogP contribution in [0.5, 0.6) is 0 Å². The van der Waals surface area contributed by atoms with Gasteiger partial charge in [-0.15, -0.1) is 0 Å². The van der Waals surface area contributed by atoms with Crippen molar-refractivity contribution < 1.29 is 42.8 Å². The zero-order valence-corrected chi connectivity index (χ0v) is 18.0. The Hall–Kier alpha value is -4.56. The molecule has 0 N–H and O–H groups in total. The van der Waals surface area contributed by atoms with Crippen molar-refractivity contribution in [1.82, 2.24) is 13.7 Å². The molecule has 1 heterocycles. The largest absolute Gasteiger partial charge is 0.513 e. The summed E-state index contributed by atoms with van der Waals surface area (Å²) >= 11 is 0. The minimum absolute atomic E-state index is 0.00388. The maximum Gasteiger partial charge on any atom is 0.513 e. The lowest BCUT2D eigenvalue weighted by molar-refractivity contribution is 0.0779. The van der Waals surface area contributed by atoms with E-state index in [0.29, 0.717) is 13.7 Å². The highest BCUT2D eigenvalue weighted by molar-refractivity contribution is 5.61. The summed E-state index contributed by atoms with van der Waals surface area (Å²) in [6.07, 6.45) is -0.746. The molecule has 15 nitrogen and oxygen atoms in total. The Morgan fingerprint density at radius 1 is 0.588 bits per heavy atom. The zero-order valence-electron chi connectivity index (χ0n) is 18.0. The molecule has 0 aliphatic rings. The summed E-state index contributed by atoms with van der Waals surface area (Å²) in [7, 11) is 0. The van der Waals surface area contributed by atoms with E-state index in [2.05, 4.69) is 33.9 Å². The zero-order chi connectivity index (χ0) is 25.5. The lowest BCUT2D eigenvalue weighted by atomic mass is 10.4. The van der Waals surface area contributed by atoms with Crippen LogP contribution in [0.4, 0.5) is 14.4 Å². The number of hydrogen-bond donors (Lipinski definition) is 0. The van der Waals surface area contributed by atoms with E-state index in [1.807, 2.05) is 0 Å². The van der Waals surface area contributed by atoms with Gasteiger partial charge in [-0.25, -0.2) is 42.5 Å².